The highest BCUT2D eigenvalue weighted by Gasteiger charge is 2.42. The largest absolute Gasteiger partial charge is 0.362 e. The van der Waals surface area contributed by atoms with Gasteiger partial charge < -0.3 is 0 Å². The first-order valence-corrected chi connectivity index (χ1v) is 9.50. The summed E-state index contributed by atoms with van der Waals surface area (Å²) < 4.78 is 70.2. The maximum absolute atomic E-state index is 13.4. The van der Waals surface area contributed by atoms with Gasteiger partial charge in [0.1, 0.15) is 5.82 Å². The van der Waals surface area contributed by atoms with Gasteiger partial charge in [-0.15, -0.1) is 11.8 Å². The third kappa shape index (κ3) is 6.07. The van der Waals surface area contributed by atoms with E-state index in [1.807, 2.05) is 0 Å². The molecule has 0 aliphatic rings. The summed E-state index contributed by atoms with van der Waals surface area (Å²) in [5, 5.41) is 16.4. The van der Waals surface area contributed by atoms with E-state index in [2.05, 4.69) is 19.9 Å². The van der Waals surface area contributed by atoms with E-state index in [0.717, 1.165) is 30.0 Å². The molecule has 8 nitrogen and oxygen atoms in total. The van der Waals surface area contributed by atoms with Crippen molar-refractivity contribution in [2.75, 3.05) is 5.75 Å². The van der Waals surface area contributed by atoms with E-state index in [9.17, 15) is 36.7 Å². The second-order valence-electron chi connectivity index (χ2n) is 6.00. The number of carbonyl (C=O) groups is 2. The molecule has 0 fully saturated rings. The van der Waals surface area contributed by atoms with Gasteiger partial charge in [0.05, 0.1) is 11.3 Å². The van der Waals surface area contributed by atoms with Gasteiger partial charge >= 0.3 is 5.92 Å². The number of hydrogen-bond donors (Lipinski definition) is 2. The van der Waals surface area contributed by atoms with Gasteiger partial charge in [0.2, 0.25) is 11.6 Å². The van der Waals surface area contributed by atoms with Crippen molar-refractivity contribution in [2.24, 2.45) is 4.99 Å². The molecule has 31 heavy (non-hydrogen) atoms. The van der Waals surface area contributed by atoms with Crippen LogP contribution in [-0.4, -0.2) is 44.6 Å². The summed E-state index contributed by atoms with van der Waals surface area (Å²) in [6.45, 7) is 0.619. The number of ketones is 2. The standard InChI is InChI=1S/C17H15F5N4O4S/c1-8(27)17(21,22)12(28)3-2-6-31-16-13(25-30-26-16)15(24-29)23-9-4-5-11(18)10(7-9)14(19)20/h4-5,7,14,29H,2-3,6H2,1H3,(H,23,24). The molecule has 0 amide bonds. The molecule has 1 aromatic heterocycles. The van der Waals surface area contributed by atoms with E-state index in [-0.39, 0.29) is 34.4 Å². The Morgan fingerprint density at radius 3 is 2.65 bits per heavy atom. The van der Waals surface area contributed by atoms with Gasteiger partial charge in [0.25, 0.3) is 6.43 Å². The van der Waals surface area contributed by atoms with Crippen molar-refractivity contribution in [3.8, 4) is 0 Å². The van der Waals surface area contributed by atoms with Crippen LogP contribution in [0.1, 0.15) is 37.4 Å². The zero-order chi connectivity index (χ0) is 23.2. The van der Waals surface area contributed by atoms with Crippen LogP contribution in [0.4, 0.5) is 27.6 Å². The zero-order valence-corrected chi connectivity index (χ0v) is 16.6. The molecule has 0 bridgehead atoms. The number of hydroxylamine groups is 1. The first-order valence-electron chi connectivity index (χ1n) is 8.52. The molecule has 0 saturated carbocycles. The predicted octanol–water partition coefficient (Wildman–Crippen LogP) is 3.87. The van der Waals surface area contributed by atoms with Crippen molar-refractivity contribution in [1.82, 2.24) is 15.8 Å². The van der Waals surface area contributed by atoms with Crippen molar-refractivity contribution in [2.45, 2.75) is 37.1 Å². The number of alkyl halides is 4. The first kappa shape index (κ1) is 24.4. The van der Waals surface area contributed by atoms with Gasteiger partial charge in [-0.2, -0.15) is 8.78 Å². The van der Waals surface area contributed by atoms with Crippen LogP contribution in [0.5, 0.6) is 0 Å². The lowest BCUT2D eigenvalue weighted by Crippen LogP contribution is -2.36. The van der Waals surface area contributed by atoms with Crippen molar-refractivity contribution in [1.29, 1.82) is 0 Å². The summed E-state index contributed by atoms with van der Waals surface area (Å²) in [5.74, 6) is -8.50. The number of thioether (sulfide) groups is 1. The second kappa shape index (κ2) is 10.4. The van der Waals surface area contributed by atoms with Crippen LogP contribution in [0.25, 0.3) is 0 Å². The number of hydrogen-bond acceptors (Lipinski definition) is 8. The second-order valence-corrected chi connectivity index (χ2v) is 7.09. The maximum atomic E-state index is 13.4. The number of benzene rings is 1. The van der Waals surface area contributed by atoms with Gasteiger partial charge in [-0.1, -0.05) is 0 Å². The van der Waals surface area contributed by atoms with Crippen LogP contribution in [0.3, 0.4) is 0 Å². The number of aliphatic imine (C=N–C) groups is 1. The molecule has 168 valence electrons. The van der Waals surface area contributed by atoms with Crippen molar-refractivity contribution >= 4 is 34.9 Å². The summed E-state index contributed by atoms with van der Waals surface area (Å²) in [6, 6.07) is 2.64. The van der Waals surface area contributed by atoms with E-state index in [1.54, 1.807) is 5.48 Å². The summed E-state index contributed by atoms with van der Waals surface area (Å²) in [4.78, 5) is 26.1. The predicted molar refractivity (Wildman–Crippen MR) is 97.4 cm³/mol. The monoisotopic (exact) mass is 466 g/mol. The number of nitrogens with zero attached hydrogens (tertiary/aromatic N) is 3. The highest BCUT2D eigenvalue weighted by Crippen LogP contribution is 2.28. The summed E-state index contributed by atoms with van der Waals surface area (Å²) >= 11 is 0.918. The van der Waals surface area contributed by atoms with Crippen molar-refractivity contribution < 1.29 is 41.4 Å². The topological polar surface area (TPSA) is 118 Å². The Labute approximate surface area is 175 Å². The highest BCUT2D eigenvalue weighted by atomic mass is 32.2. The number of carbonyl (C=O) groups excluding carboxylic acids is 2. The smallest absolute Gasteiger partial charge is 0.293 e. The minimum Gasteiger partial charge on any atom is -0.293 e. The number of Topliss-reactive ketones (excluding diaryl/α,β-unsaturated/α-hetero) is 2. The van der Waals surface area contributed by atoms with Gasteiger partial charge in [-0.3, -0.25) is 20.3 Å². The molecule has 0 unspecified atom stereocenters. The Morgan fingerprint density at radius 1 is 1.32 bits per heavy atom. The molecular formula is C17H15F5N4O4S. The van der Waals surface area contributed by atoms with Crippen LogP contribution >= 0.6 is 11.8 Å². The van der Waals surface area contributed by atoms with Gasteiger partial charge in [-0.25, -0.2) is 22.8 Å². The molecule has 2 aromatic rings. The van der Waals surface area contributed by atoms with Crippen molar-refractivity contribution in [3.63, 3.8) is 0 Å². The van der Waals surface area contributed by atoms with E-state index in [1.165, 1.54) is 0 Å². The average Bonchev–Trinajstić information content (AvgIpc) is 3.18. The van der Waals surface area contributed by atoms with Crippen LogP contribution in [0.15, 0.2) is 32.8 Å². The molecule has 2 rings (SSSR count). The van der Waals surface area contributed by atoms with Crippen molar-refractivity contribution in [3.05, 3.63) is 35.3 Å². The Balaban J connectivity index is 2.09. The normalized spacial score (nSPS) is 12.3. The number of halogens is 5. The highest BCUT2D eigenvalue weighted by molar-refractivity contribution is 7.99. The SMILES string of the molecule is CC(=O)C(F)(F)C(=O)CCCSc1nonc1C(=Nc1ccc(F)c(C(F)F)c1)NO. The zero-order valence-electron chi connectivity index (χ0n) is 15.7. The van der Waals surface area contributed by atoms with Gasteiger partial charge in [-0.05, 0) is 34.9 Å². The molecular weight excluding hydrogens is 451 g/mol. The third-order valence-corrected chi connectivity index (χ3v) is 4.86. The molecule has 0 radical (unpaired) electrons. The maximum Gasteiger partial charge on any atom is 0.362 e. The van der Waals surface area contributed by atoms with Gasteiger partial charge in [0.15, 0.2) is 16.6 Å². The average molecular weight is 466 g/mol. The molecule has 1 heterocycles. The Morgan fingerprint density at radius 2 is 2.03 bits per heavy atom. The first-order chi connectivity index (χ1) is 14.6. The summed E-state index contributed by atoms with van der Waals surface area (Å²) in [7, 11) is 0. The van der Waals surface area contributed by atoms with Gasteiger partial charge in [0, 0.05) is 19.1 Å². The van der Waals surface area contributed by atoms with Crippen LogP contribution in [-0.2, 0) is 9.59 Å². The Bertz CT molecular complexity index is 983. The van der Waals surface area contributed by atoms with E-state index in [4.69, 9.17) is 0 Å². The fourth-order valence-electron chi connectivity index (χ4n) is 2.20. The Kier molecular flexibility index (Phi) is 8.21. The summed E-state index contributed by atoms with van der Waals surface area (Å²) in [6.07, 6.45) is -3.68. The van der Waals surface area contributed by atoms with Crippen LogP contribution in [0, 0.1) is 5.82 Å². The number of nitrogens with one attached hydrogen (secondary N) is 1. The quantitative estimate of drug-likeness (QED) is 0.103. The van der Waals surface area contributed by atoms with E-state index >= 15 is 0 Å². The molecule has 1 aromatic carbocycles. The number of aromatic nitrogens is 2. The third-order valence-electron chi connectivity index (χ3n) is 3.82. The lowest BCUT2D eigenvalue weighted by Gasteiger charge is -2.10. The molecule has 0 aliphatic carbocycles. The Hall–Kier alpha value is -2.87. The molecule has 0 spiro atoms. The molecule has 0 saturated heterocycles. The molecule has 0 atom stereocenters. The van der Waals surface area contributed by atoms with Crippen LogP contribution < -0.4 is 5.48 Å². The lowest BCUT2D eigenvalue weighted by molar-refractivity contribution is -0.155. The van der Waals surface area contributed by atoms with Crippen LogP contribution in [0.2, 0.25) is 0 Å². The van der Waals surface area contributed by atoms with E-state index < -0.39 is 41.7 Å². The molecule has 0 aliphatic heterocycles. The fraction of sp³-hybridized carbons (Fsp3) is 0.353. The number of amidine groups is 1. The number of rotatable bonds is 10. The minimum absolute atomic E-state index is 0.0343. The lowest BCUT2D eigenvalue weighted by atomic mass is 10.1. The molecule has 14 heteroatoms. The fourth-order valence-corrected chi connectivity index (χ4v) is 3.04. The molecule has 2 N–H and O–H groups in total. The minimum atomic E-state index is -4.04. The van der Waals surface area contributed by atoms with E-state index in [0.29, 0.717) is 6.92 Å². The summed E-state index contributed by atoms with van der Waals surface area (Å²) in [5.41, 5.74) is 0.532.